The first-order valence-corrected chi connectivity index (χ1v) is 10.6. The molecule has 4 atom stereocenters. The number of benzene rings is 3. The minimum absolute atomic E-state index is 0.228. The van der Waals surface area contributed by atoms with Gasteiger partial charge in [-0.25, -0.2) is 14.4 Å². The van der Waals surface area contributed by atoms with Gasteiger partial charge in [0.25, 0.3) is 0 Å². The van der Waals surface area contributed by atoms with Crippen molar-refractivity contribution in [3.05, 3.63) is 108 Å². The Morgan fingerprint density at radius 3 is 1.44 bits per heavy atom. The van der Waals surface area contributed by atoms with Crippen molar-refractivity contribution in [3.8, 4) is 0 Å². The number of aliphatic hydroxyl groups excluding tert-OH is 1. The smallest absolute Gasteiger partial charge is 0.338 e. The van der Waals surface area contributed by atoms with Gasteiger partial charge in [-0.15, -0.1) is 0 Å². The van der Waals surface area contributed by atoms with E-state index in [9.17, 15) is 19.5 Å². The summed E-state index contributed by atoms with van der Waals surface area (Å²) in [4.78, 5) is 38.1. The molecule has 4 rings (SSSR count). The van der Waals surface area contributed by atoms with Crippen molar-refractivity contribution >= 4 is 17.9 Å². The average molecular weight is 462 g/mol. The van der Waals surface area contributed by atoms with Gasteiger partial charge in [-0.1, -0.05) is 54.6 Å². The molecule has 1 heterocycles. The number of hydrogen-bond donors (Lipinski definition) is 1. The minimum atomic E-state index is -1.60. The van der Waals surface area contributed by atoms with Gasteiger partial charge in [-0.2, -0.15) is 0 Å². The van der Waals surface area contributed by atoms with Crippen molar-refractivity contribution in [2.75, 3.05) is 6.61 Å². The zero-order valence-corrected chi connectivity index (χ0v) is 18.0. The number of rotatable bonds is 6. The van der Waals surface area contributed by atoms with E-state index in [2.05, 4.69) is 0 Å². The number of ether oxygens (including phenoxy) is 4. The molecule has 1 N–H and O–H groups in total. The molecule has 1 saturated heterocycles. The number of hydrogen-bond acceptors (Lipinski definition) is 8. The fourth-order valence-electron chi connectivity index (χ4n) is 3.44. The Hall–Kier alpha value is -4.01. The Kier molecular flexibility index (Phi) is 7.31. The van der Waals surface area contributed by atoms with E-state index in [1.165, 1.54) is 12.1 Å². The number of esters is 3. The molecule has 3 aromatic carbocycles. The van der Waals surface area contributed by atoms with Crippen molar-refractivity contribution in [2.24, 2.45) is 0 Å². The van der Waals surface area contributed by atoms with Gasteiger partial charge in [-0.3, -0.25) is 0 Å². The molecular formula is C26H22O8. The summed E-state index contributed by atoms with van der Waals surface area (Å²) in [7, 11) is 0. The molecule has 3 aromatic rings. The molecule has 0 spiro atoms. The fourth-order valence-corrected chi connectivity index (χ4v) is 3.44. The lowest BCUT2D eigenvalue weighted by molar-refractivity contribution is -0.251. The Balaban J connectivity index is 1.59. The average Bonchev–Trinajstić information content (AvgIpc) is 2.89. The summed E-state index contributed by atoms with van der Waals surface area (Å²) in [6, 6.07) is 24.5. The first kappa shape index (κ1) is 23.2. The lowest BCUT2D eigenvalue weighted by Gasteiger charge is -2.38. The molecule has 0 radical (unpaired) electrons. The van der Waals surface area contributed by atoms with Gasteiger partial charge < -0.3 is 24.1 Å². The molecule has 34 heavy (non-hydrogen) atoms. The molecule has 8 heteroatoms. The molecule has 0 saturated carbocycles. The number of aliphatic hydroxyl groups is 1. The van der Waals surface area contributed by atoms with Crippen LogP contribution in [0.3, 0.4) is 0 Å². The van der Waals surface area contributed by atoms with Crippen LogP contribution in [0.1, 0.15) is 31.1 Å². The standard InChI is InChI=1S/C26H22O8/c27-23(17-10-4-1-5-11-17)32-20-16-31-26(30)22(34-25(29)19-14-8-3-9-15-19)21(20)33-24(28)18-12-6-2-7-13-18/h1-15,20-22,26,30H,16H2/t20-,21+,22-,26-/m1/s1. The third-order valence-electron chi connectivity index (χ3n) is 5.18. The fraction of sp³-hybridized carbons (Fsp3) is 0.192. The molecule has 1 aliphatic heterocycles. The summed E-state index contributed by atoms with van der Waals surface area (Å²) in [5, 5.41) is 10.5. The molecule has 0 bridgehead atoms. The highest BCUT2D eigenvalue weighted by molar-refractivity contribution is 5.91. The zero-order valence-electron chi connectivity index (χ0n) is 18.0. The van der Waals surface area contributed by atoms with Gasteiger partial charge in [0.05, 0.1) is 23.3 Å². The van der Waals surface area contributed by atoms with E-state index in [4.69, 9.17) is 18.9 Å². The van der Waals surface area contributed by atoms with E-state index in [-0.39, 0.29) is 23.3 Å². The monoisotopic (exact) mass is 462 g/mol. The third-order valence-corrected chi connectivity index (χ3v) is 5.18. The van der Waals surface area contributed by atoms with Crippen LogP contribution in [-0.4, -0.2) is 54.2 Å². The summed E-state index contributed by atoms with van der Waals surface area (Å²) in [5.41, 5.74) is 0.746. The summed E-state index contributed by atoms with van der Waals surface area (Å²) in [6.45, 7) is -0.272. The Bertz CT molecular complexity index is 1120. The van der Waals surface area contributed by atoms with Crippen LogP contribution in [0.25, 0.3) is 0 Å². The molecule has 0 unspecified atom stereocenters. The summed E-state index contributed by atoms with van der Waals surface area (Å²) < 4.78 is 21.9. The Labute approximate surface area is 195 Å². The highest BCUT2D eigenvalue weighted by atomic mass is 16.7. The molecule has 0 aromatic heterocycles. The number of carbonyl (C=O) groups excluding carboxylic acids is 3. The van der Waals surface area contributed by atoms with Crippen LogP contribution in [0.15, 0.2) is 91.0 Å². The van der Waals surface area contributed by atoms with Crippen LogP contribution in [0.4, 0.5) is 0 Å². The summed E-state index contributed by atoms with van der Waals surface area (Å²) in [5.74, 6) is -2.18. The van der Waals surface area contributed by atoms with Crippen molar-refractivity contribution in [1.29, 1.82) is 0 Å². The maximum Gasteiger partial charge on any atom is 0.338 e. The van der Waals surface area contributed by atoms with Crippen LogP contribution in [0, 0.1) is 0 Å². The predicted molar refractivity (Wildman–Crippen MR) is 119 cm³/mol. The summed E-state index contributed by atoms with van der Waals surface area (Å²) >= 11 is 0. The van der Waals surface area contributed by atoms with Crippen LogP contribution in [-0.2, 0) is 18.9 Å². The van der Waals surface area contributed by atoms with E-state index >= 15 is 0 Å². The molecule has 8 nitrogen and oxygen atoms in total. The normalized spacial score (nSPS) is 21.8. The largest absolute Gasteiger partial charge is 0.452 e. The lowest BCUT2D eigenvalue weighted by atomic mass is 10.0. The van der Waals surface area contributed by atoms with Crippen molar-refractivity contribution in [3.63, 3.8) is 0 Å². The van der Waals surface area contributed by atoms with Gasteiger partial charge in [0, 0.05) is 0 Å². The van der Waals surface area contributed by atoms with Crippen LogP contribution in [0.2, 0.25) is 0 Å². The molecule has 0 amide bonds. The van der Waals surface area contributed by atoms with Crippen LogP contribution >= 0.6 is 0 Å². The van der Waals surface area contributed by atoms with E-state index in [1.807, 2.05) is 0 Å². The molecular weight excluding hydrogens is 440 g/mol. The minimum Gasteiger partial charge on any atom is -0.452 e. The first-order valence-electron chi connectivity index (χ1n) is 10.6. The summed E-state index contributed by atoms with van der Waals surface area (Å²) in [6.07, 6.45) is -5.51. The van der Waals surface area contributed by atoms with Crippen LogP contribution in [0.5, 0.6) is 0 Å². The zero-order chi connectivity index (χ0) is 23.9. The van der Waals surface area contributed by atoms with Gasteiger partial charge in [0.1, 0.15) is 0 Å². The Morgan fingerprint density at radius 1 is 0.618 bits per heavy atom. The van der Waals surface area contributed by atoms with E-state index < -0.39 is 42.5 Å². The van der Waals surface area contributed by atoms with Crippen molar-refractivity contribution < 1.29 is 38.4 Å². The van der Waals surface area contributed by atoms with Gasteiger partial charge in [0.15, 0.2) is 24.6 Å². The van der Waals surface area contributed by atoms with E-state index in [0.29, 0.717) is 0 Å². The van der Waals surface area contributed by atoms with Gasteiger partial charge in [0.2, 0.25) is 0 Å². The lowest BCUT2D eigenvalue weighted by Crippen LogP contribution is -2.57. The SMILES string of the molecule is O=C(O[C@@H]1[C@@H](OC(=O)c2ccccc2)[C@H](OC(=O)c2ccccc2)CO[C@H]1O)c1ccccc1. The second kappa shape index (κ2) is 10.7. The van der Waals surface area contributed by atoms with Crippen molar-refractivity contribution in [1.82, 2.24) is 0 Å². The van der Waals surface area contributed by atoms with Crippen molar-refractivity contribution in [2.45, 2.75) is 24.6 Å². The highest BCUT2D eigenvalue weighted by Gasteiger charge is 2.47. The maximum atomic E-state index is 12.8. The maximum absolute atomic E-state index is 12.8. The van der Waals surface area contributed by atoms with Gasteiger partial charge >= 0.3 is 17.9 Å². The third kappa shape index (κ3) is 5.48. The predicted octanol–water partition coefficient (Wildman–Crippen LogP) is 3.01. The Morgan fingerprint density at radius 2 is 1.00 bits per heavy atom. The highest BCUT2D eigenvalue weighted by Crippen LogP contribution is 2.25. The molecule has 1 fully saturated rings. The quantitative estimate of drug-likeness (QED) is 0.440. The second-order valence-corrected chi connectivity index (χ2v) is 7.51. The first-order chi connectivity index (χ1) is 16.5. The van der Waals surface area contributed by atoms with E-state index in [0.717, 1.165) is 0 Å². The number of carbonyl (C=O) groups is 3. The van der Waals surface area contributed by atoms with Crippen LogP contribution < -0.4 is 0 Å². The topological polar surface area (TPSA) is 108 Å². The van der Waals surface area contributed by atoms with E-state index in [1.54, 1.807) is 78.9 Å². The molecule has 0 aliphatic carbocycles. The second-order valence-electron chi connectivity index (χ2n) is 7.51. The van der Waals surface area contributed by atoms with Gasteiger partial charge in [-0.05, 0) is 36.4 Å². The molecule has 1 aliphatic rings. The molecule has 174 valence electrons.